The number of hydrogen-bond donors (Lipinski definition) is 1. The number of carbonyl (C=O) groups excluding carboxylic acids is 1. The monoisotopic (exact) mass is 175 g/mol. The first-order valence-electron chi connectivity index (χ1n) is 3.97. The lowest BCUT2D eigenvalue weighted by Gasteiger charge is -2.14. The zero-order chi connectivity index (χ0) is 9.26. The maximum atomic E-state index is 11.3. The molecule has 1 aromatic rings. The minimum Gasteiger partial charge on any atom is -0.369 e. The van der Waals surface area contributed by atoms with Crippen LogP contribution in [0.4, 0.5) is 5.69 Å². The summed E-state index contributed by atoms with van der Waals surface area (Å²) in [6, 6.07) is 9.25. The lowest BCUT2D eigenvalue weighted by molar-refractivity contribution is -0.115. The number of rotatable bonds is 1. The van der Waals surface area contributed by atoms with Crippen LogP contribution in [-0.4, -0.2) is 18.4 Å². The zero-order valence-corrected chi connectivity index (χ0v) is 6.97. The Morgan fingerprint density at radius 1 is 1.31 bits per heavy atom. The first-order valence-corrected chi connectivity index (χ1v) is 3.97. The number of guanidine groups is 1. The van der Waals surface area contributed by atoms with Gasteiger partial charge in [-0.25, -0.2) is 9.89 Å². The van der Waals surface area contributed by atoms with E-state index >= 15 is 0 Å². The average molecular weight is 175 g/mol. The second-order valence-electron chi connectivity index (χ2n) is 2.74. The molecule has 0 bridgehead atoms. The Bertz CT molecular complexity index is 358. The Morgan fingerprint density at radius 2 is 2.00 bits per heavy atom. The summed E-state index contributed by atoms with van der Waals surface area (Å²) in [5.41, 5.74) is 6.33. The van der Waals surface area contributed by atoms with Gasteiger partial charge in [0.2, 0.25) is 5.96 Å². The van der Waals surface area contributed by atoms with E-state index in [1.807, 2.05) is 30.3 Å². The van der Waals surface area contributed by atoms with E-state index in [2.05, 4.69) is 4.99 Å². The third-order valence-electron chi connectivity index (χ3n) is 1.87. The van der Waals surface area contributed by atoms with Crippen molar-refractivity contribution in [1.82, 2.24) is 0 Å². The van der Waals surface area contributed by atoms with Gasteiger partial charge in [0.1, 0.15) is 6.54 Å². The molecule has 0 saturated heterocycles. The van der Waals surface area contributed by atoms with Gasteiger partial charge >= 0.3 is 0 Å². The molecule has 1 amide bonds. The summed E-state index contributed by atoms with van der Waals surface area (Å²) in [5.74, 6) is 0.194. The van der Waals surface area contributed by atoms with Crippen molar-refractivity contribution in [2.45, 2.75) is 0 Å². The van der Waals surface area contributed by atoms with Crippen LogP contribution in [0.2, 0.25) is 0 Å². The van der Waals surface area contributed by atoms with E-state index in [9.17, 15) is 4.79 Å². The van der Waals surface area contributed by atoms with Crippen LogP contribution in [0.1, 0.15) is 0 Å². The van der Waals surface area contributed by atoms with Gasteiger partial charge in [-0.2, -0.15) is 0 Å². The molecule has 0 fully saturated rings. The fourth-order valence-electron chi connectivity index (χ4n) is 1.27. The summed E-state index contributed by atoms with van der Waals surface area (Å²) in [6.07, 6.45) is 0. The Kier molecular flexibility index (Phi) is 1.73. The molecule has 4 heteroatoms. The summed E-state index contributed by atoms with van der Waals surface area (Å²) in [4.78, 5) is 16.6. The molecule has 0 atom stereocenters. The van der Waals surface area contributed by atoms with Crippen molar-refractivity contribution in [2.75, 3.05) is 11.4 Å². The van der Waals surface area contributed by atoms with Crippen molar-refractivity contribution in [3.8, 4) is 0 Å². The van der Waals surface area contributed by atoms with Crippen LogP contribution in [0.5, 0.6) is 0 Å². The minimum absolute atomic E-state index is 0.0799. The second kappa shape index (κ2) is 2.90. The molecule has 66 valence electrons. The van der Waals surface area contributed by atoms with E-state index in [0.29, 0.717) is 0 Å². The minimum atomic E-state index is -0.0799. The second-order valence-corrected chi connectivity index (χ2v) is 2.74. The highest BCUT2D eigenvalue weighted by atomic mass is 16.2. The summed E-state index contributed by atoms with van der Waals surface area (Å²) in [5, 5.41) is 0. The molecule has 0 spiro atoms. The highest BCUT2D eigenvalue weighted by Gasteiger charge is 2.23. The SMILES string of the molecule is NC1=NCC(=O)N1c1ccccc1. The number of benzene rings is 1. The quantitative estimate of drug-likeness (QED) is 0.669. The molecule has 2 rings (SSSR count). The summed E-state index contributed by atoms with van der Waals surface area (Å²) < 4.78 is 0. The van der Waals surface area contributed by atoms with Gasteiger partial charge in [-0.05, 0) is 12.1 Å². The normalized spacial score (nSPS) is 16.2. The van der Waals surface area contributed by atoms with Crippen LogP contribution in [0, 0.1) is 0 Å². The van der Waals surface area contributed by atoms with Gasteiger partial charge < -0.3 is 5.73 Å². The topological polar surface area (TPSA) is 58.7 Å². The molecule has 0 saturated carbocycles. The molecule has 1 heterocycles. The van der Waals surface area contributed by atoms with Gasteiger partial charge in [0.25, 0.3) is 5.91 Å². The van der Waals surface area contributed by atoms with E-state index < -0.39 is 0 Å². The molecular formula is C9H9N3O. The Hall–Kier alpha value is -1.84. The fraction of sp³-hybridized carbons (Fsp3) is 0.111. The van der Waals surface area contributed by atoms with Crippen LogP contribution in [0.15, 0.2) is 35.3 Å². The van der Waals surface area contributed by atoms with Crippen LogP contribution in [0.25, 0.3) is 0 Å². The van der Waals surface area contributed by atoms with Crippen LogP contribution >= 0.6 is 0 Å². The first-order chi connectivity index (χ1) is 6.29. The van der Waals surface area contributed by atoms with E-state index in [0.717, 1.165) is 5.69 Å². The predicted molar refractivity (Wildman–Crippen MR) is 50.4 cm³/mol. The van der Waals surface area contributed by atoms with E-state index in [1.165, 1.54) is 4.90 Å². The number of nitrogens with zero attached hydrogens (tertiary/aromatic N) is 2. The van der Waals surface area contributed by atoms with Crippen molar-refractivity contribution < 1.29 is 4.79 Å². The Morgan fingerprint density at radius 3 is 2.54 bits per heavy atom. The van der Waals surface area contributed by atoms with Gasteiger partial charge in [0, 0.05) is 0 Å². The van der Waals surface area contributed by atoms with Gasteiger partial charge in [-0.3, -0.25) is 4.79 Å². The van der Waals surface area contributed by atoms with Crippen LogP contribution in [-0.2, 0) is 4.79 Å². The van der Waals surface area contributed by atoms with E-state index in [-0.39, 0.29) is 18.4 Å². The molecule has 1 aliphatic heterocycles. The molecule has 1 aromatic carbocycles. The van der Waals surface area contributed by atoms with Crippen molar-refractivity contribution in [1.29, 1.82) is 0 Å². The fourth-order valence-corrected chi connectivity index (χ4v) is 1.27. The van der Waals surface area contributed by atoms with Crippen molar-refractivity contribution in [3.05, 3.63) is 30.3 Å². The van der Waals surface area contributed by atoms with Gasteiger partial charge in [-0.1, -0.05) is 18.2 Å². The standard InChI is InChI=1S/C9H9N3O/c10-9-11-6-8(13)12(9)7-4-2-1-3-5-7/h1-5H,6H2,(H2,10,11). The predicted octanol–water partition coefficient (Wildman–Crippen LogP) is 0.348. The number of aliphatic imine (C=N–C) groups is 1. The number of para-hydroxylation sites is 1. The summed E-state index contributed by atoms with van der Waals surface area (Å²) >= 11 is 0. The molecular weight excluding hydrogens is 166 g/mol. The molecule has 4 nitrogen and oxygen atoms in total. The summed E-state index contributed by atoms with van der Waals surface area (Å²) in [6.45, 7) is 0.153. The van der Waals surface area contributed by atoms with Gasteiger partial charge in [0.05, 0.1) is 5.69 Å². The number of nitrogens with two attached hydrogens (primary N) is 1. The third-order valence-corrected chi connectivity index (χ3v) is 1.87. The maximum Gasteiger partial charge on any atom is 0.255 e. The highest BCUT2D eigenvalue weighted by Crippen LogP contribution is 2.15. The molecule has 0 aliphatic carbocycles. The number of carbonyl (C=O) groups is 1. The lowest BCUT2D eigenvalue weighted by Crippen LogP contribution is -2.37. The number of anilines is 1. The Balaban J connectivity index is 2.36. The van der Waals surface area contributed by atoms with Crippen molar-refractivity contribution in [3.63, 3.8) is 0 Å². The molecule has 0 aromatic heterocycles. The highest BCUT2D eigenvalue weighted by molar-refractivity contribution is 6.20. The van der Waals surface area contributed by atoms with Gasteiger partial charge in [0.15, 0.2) is 0 Å². The number of hydrogen-bond acceptors (Lipinski definition) is 3. The largest absolute Gasteiger partial charge is 0.369 e. The molecule has 0 radical (unpaired) electrons. The smallest absolute Gasteiger partial charge is 0.255 e. The van der Waals surface area contributed by atoms with Crippen LogP contribution < -0.4 is 10.6 Å². The Labute approximate surface area is 75.7 Å². The van der Waals surface area contributed by atoms with Gasteiger partial charge in [-0.15, -0.1) is 0 Å². The van der Waals surface area contributed by atoms with Crippen molar-refractivity contribution in [2.24, 2.45) is 10.7 Å². The summed E-state index contributed by atoms with van der Waals surface area (Å²) in [7, 11) is 0. The molecule has 0 unspecified atom stereocenters. The maximum absolute atomic E-state index is 11.3. The first kappa shape index (κ1) is 7.79. The third kappa shape index (κ3) is 1.26. The lowest BCUT2D eigenvalue weighted by atomic mass is 10.3. The van der Waals surface area contributed by atoms with Crippen molar-refractivity contribution >= 4 is 17.6 Å². The molecule has 13 heavy (non-hydrogen) atoms. The zero-order valence-electron chi connectivity index (χ0n) is 6.97. The van der Waals surface area contributed by atoms with E-state index in [4.69, 9.17) is 5.73 Å². The number of amides is 1. The average Bonchev–Trinajstić information content (AvgIpc) is 2.48. The van der Waals surface area contributed by atoms with Crippen LogP contribution in [0.3, 0.4) is 0 Å². The molecule has 2 N–H and O–H groups in total. The molecule has 1 aliphatic rings. The van der Waals surface area contributed by atoms with E-state index in [1.54, 1.807) is 0 Å².